The molecule has 1 aromatic heterocycles. The Kier molecular flexibility index (Phi) is 5.96. The van der Waals surface area contributed by atoms with Crippen LogP contribution in [0.1, 0.15) is 33.3 Å². The molecule has 0 radical (unpaired) electrons. The number of hydrazone groups is 1. The van der Waals surface area contributed by atoms with E-state index in [4.69, 9.17) is 11.6 Å². The standard InChI is InChI=1S/C20H22ClN5O3S/c1-13(27)24-16-11-23-26(12-16)19-18(9-15(21)10-22-19)25-30(28,29)17-7-5-14(6-8-17)20(2,3)4/h5-12,16,25H,1-4H3/p+1. The Bertz CT molecular complexity index is 1140. The molecule has 1 unspecified atom stereocenters. The average molecular weight is 449 g/mol. The molecule has 0 saturated carbocycles. The molecule has 2 aromatic rings. The highest BCUT2D eigenvalue weighted by Gasteiger charge is 2.27. The minimum Gasteiger partial charge on any atom is -0.341 e. The van der Waals surface area contributed by atoms with Crippen LogP contribution in [0.3, 0.4) is 0 Å². The maximum Gasteiger partial charge on any atom is 0.372 e. The highest BCUT2D eigenvalue weighted by Crippen LogP contribution is 2.29. The number of carbonyl (C=O) groups is 1. The summed E-state index contributed by atoms with van der Waals surface area (Å²) in [6.45, 7) is 7.56. The molecule has 1 atom stereocenters. The van der Waals surface area contributed by atoms with Crippen molar-refractivity contribution < 1.29 is 17.9 Å². The van der Waals surface area contributed by atoms with Gasteiger partial charge in [-0.3, -0.25) is 9.52 Å². The molecule has 3 rings (SSSR count). The maximum atomic E-state index is 12.9. The number of sulfonamides is 1. The summed E-state index contributed by atoms with van der Waals surface area (Å²) in [5, 5.41) is 7.12. The predicted molar refractivity (Wildman–Crippen MR) is 117 cm³/mol. The molecule has 30 heavy (non-hydrogen) atoms. The molecule has 1 aliphatic rings. The van der Waals surface area contributed by atoms with E-state index >= 15 is 0 Å². The van der Waals surface area contributed by atoms with Crippen molar-refractivity contribution in [3.05, 3.63) is 47.1 Å². The summed E-state index contributed by atoms with van der Waals surface area (Å²) in [5.74, 6) is 0.0200. The van der Waals surface area contributed by atoms with E-state index in [1.807, 2.05) is 0 Å². The van der Waals surface area contributed by atoms with Crippen LogP contribution >= 0.6 is 11.6 Å². The molecule has 2 N–H and O–H groups in total. The minimum atomic E-state index is -3.89. The van der Waals surface area contributed by atoms with Gasteiger partial charge < -0.3 is 5.32 Å². The van der Waals surface area contributed by atoms with E-state index < -0.39 is 16.1 Å². The van der Waals surface area contributed by atoms with Gasteiger partial charge in [0.25, 0.3) is 10.0 Å². The van der Waals surface area contributed by atoms with E-state index in [0.717, 1.165) is 5.56 Å². The van der Waals surface area contributed by atoms with Crippen LogP contribution in [0.15, 0.2) is 46.5 Å². The molecule has 0 saturated heterocycles. The Labute approximate surface area is 180 Å². The first kappa shape index (κ1) is 21.9. The Balaban J connectivity index is 1.92. The van der Waals surface area contributed by atoms with Gasteiger partial charge in [0.15, 0.2) is 6.20 Å². The average Bonchev–Trinajstić information content (AvgIpc) is 3.08. The van der Waals surface area contributed by atoms with E-state index in [-0.39, 0.29) is 32.7 Å². The van der Waals surface area contributed by atoms with Crippen LogP contribution in [0.5, 0.6) is 0 Å². The first-order valence-electron chi connectivity index (χ1n) is 9.20. The van der Waals surface area contributed by atoms with Gasteiger partial charge in [0.1, 0.15) is 17.9 Å². The quantitative estimate of drug-likeness (QED) is 0.686. The fourth-order valence-corrected chi connectivity index (χ4v) is 4.04. The van der Waals surface area contributed by atoms with Crippen LogP contribution in [0.4, 0.5) is 11.5 Å². The number of pyridine rings is 1. The van der Waals surface area contributed by atoms with Crippen molar-refractivity contribution in [2.75, 3.05) is 4.72 Å². The van der Waals surface area contributed by atoms with Crippen LogP contribution < -0.4 is 10.0 Å². The third-order valence-corrected chi connectivity index (χ3v) is 5.94. The normalized spacial score (nSPS) is 16.3. The zero-order valence-electron chi connectivity index (χ0n) is 17.0. The monoisotopic (exact) mass is 448 g/mol. The minimum absolute atomic E-state index is 0.0895. The number of amides is 1. The van der Waals surface area contributed by atoms with Gasteiger partial charge >= 0.3 is 5.82 Å². The van der Waals surface area contributed by atoms with Crippen LogP contribution in [0.25, 0.3) is 0 Å². The molecular weight excluding hydrogens is 426 g/mol. The zero-order valence-corrected chi connectivity index (χ0v) is 18.6. The van der Waals surface area contributed by atoms with Gasteiger partial charge in [-0.2, -0.15) is 0 Å². The van der Waals surface area contributed by atoms with Crippen molar-refractivity contribution in [1.29, 1.82) is 0 Å². The van der Waals surface area contributed by atoms with Crippen LogP contribution in [0.2, 0.25) is 5.02 Å². The summed E-state index contributed by atoms with van der Waals surface area (Å²) in [5.41, 5.74) is 1.10. The molecule has 0 spiro atoms. The second-order valence-electron chi connectivity index (χ2n) is 7.89. The number of nitrogens with one attached hydrogen (secondary N) is 2. The number of hydrogen-bond acceptors (Lipinski definition) is 5. The highest BCUT2D eigenvalue weighted by atomic mass is 35.5. The van der Waals surface area contributed by atoms with Gasteiger partial charge in [0, 0.05) is 6.92 Å². The van der Waals surface area contributed by atoms with Crippen molar-refractivity contribution >= 4 is 51.5 Å². The fourth-order valence-electron chi connectivity index (χ4n) is 2.83. The number of hydrogen-bond donors (Lipinski definition) is 2. The van der Waals surface area contributed by atoms with Crippen LogP contribution in [0, 0.1) is 0 Å². The lowest BCUT2D eigenvalue weighted by Gasteiger charge is -2.19. The molecule has 0 bridgehead atoms. The summed E-state index contributed by atoms with van der Waals surface area (Å²) in [4.78, 5) is 15.6. The van der Waals surface area contributed by atoms with Crippen molar-refractivity contribution in [1.82, 2.24) is 10.3 Å². The molecule has 2 heterocycles. The van der Waals surface area contributed by atoms with E-state index in [9.17, 15) is 13.2 Å². The van der Waals surface area contributed by atoms with Gasteiger partial charge in [-0.25, -0.2) is 8.42 Å². The first-order chi connectivity index (χ1) is 14.0. The summed E-state index contributed by atoms with van der Waals surface area (Å²) < 4.78 is 29.8. The number of benzene rings is 1. The number of aromatic nitrogens is 1. The summed E-state index contributed by atoms with van der Waals surface area (Å²) in [6, 6.07) is 7.75. The predicted octanol–water partition coefficient (Wildman–Crippen LogP) is 3.05. The van der Waals surface area contributed by atoms with E-state index in [1.165, 1.54) is 30.1 Å². The molecule has 10 heteroatoms. The van der Waals surface area contributed by atoms with Crippen molar-refractivity contribution in [3.8, 4) is 0 Å². The molecule has 158 valence electrons. The van der Waals surface area contributed by atoms with Crippen molar-refractivity contribution in [2.24, 2.45) is 5.10 Å². The van der Waals surface area contributed by atoms with E-state index in [0.29, 0.717) is 0 Å². The number of nitrogens with zero attached hydrogens (tertiary/aromatic N) is 3. The third-order valence-electron chi connectivity index (χ3n) is 4.35. The molecule has 1 aliphatic heterocycles. The maximum absolute atomic E-state index is 12.9. The van der Waals surface area contributed by atoms with Crippen molar-refractivity contribution in [2.45, 2.75) is 44.0 Å². The lowest BCUT2D eigenvalue weighted by molar-refractivity contribution is -0.440. The lowest BCUT2D eigenvalue weighted by atomic mass is 9.87. The summed E-state index contributed by atoms with van der Waals surface area (Å²) in [6.07, 6.45) is 4.51. The highest BCUT2D eigenvalue weighted by molar-refractivity contribution is 7.92. The topological polar surface area (TPSA) is 104 Å². The number of halogens is 1. The number of rotatable bonds is 5. The van der Waals surface area contributed by atoms with Gasteiger partial charge in [-0.1, -0.05) is 49.6 Å². The Morgan fingerprint density at radius 2 is 1.87 bits per heavy atom. The Hall–Kier alpha value is -2.78. The SMILES string of the molecule is CC(=O)NC1C=N[N+](c2ncc(Cl)cc2NS(=O)(=O)c2ccc(C(C)(C)C)cc2)=C1. The van der Waals surface area contributed by atoms with Gasteiger partial charge in [-0.05, 0) is 34.2 Å². The molecular formula is C20H23ClN5O3S+. The smallest absolute Gasteiger partial charge is 0.341 e. The van der Waals surface area contributed by atoms with Gasteiger partial charge in [0.05, 0.1) is 16.1 Å². The van der Waals surface area contributed by atoms with E-state index in [2.05, 4.69) is 40.9 Å². The Morgan fingerprint density at radius 1 is 1.20 bits per heavy atom. The Morgan fingerprint density at radius 3 is 2.47 bits per heavy atom. The molecule has 0 aliphatic carbocycles. The second-order valence-corrected chi connectivity index (χ2v) is 10.0. The zero-order chi connectivity index (χ0) is 22.1. The molecule has 8 nitrogen and oxygen atoms in total. The lowest BCUT2D eigenvalue weighted by Crippen LogP contribution is -2.34. The number of carbonyl (C=O) groups excluding carboxylic acids is 1. The van der Waals surface area contributed by atoms with Crippen LogP contribution in [-0.2, 0) is 20.2 Å². The van der Waals surface area contributed by atoms with Crippen molar-refractivity contribution in [3.63, 3.8) is 0 Å². The molecule has 1 aromatic carbocycles. The fraction of sp³-hybridized carbons (Fsp3) is 0.300. The van der Waals surface area contributed by atoms with Gasteiger partial charge in [-0.15, -0.1) is 4.68 Å². The summed E-state index contributed by atoms with van der Waals surface area (Å²) in [7, 11) is -3.89. The molecule has 0 fully saturated rings. The van der Waals surface area contributed by atoms with Crippen LogP contribution in [-0.4, -0.2) is 42.5 Å². The van der Waals surface area contributed by atoms with Gasteiger partial charge in [0.2, 0.25) is 5.91 Å². The van der Waals surface area contributed by atoms with E-state index in [1.54, 1.807) is 30.5 Å². The number of anilines is 1. The second kappa shape index (κ2) is 8.16. The molecule has 1 amide bonds. The largest absolute Gasteiger partial charge is 0.372 e. The first-order valence-corrected chi connectivity index (χ1v) is 11.1. The summed E-state index contributed by atoms with van der Waals surface area (Å²) >= 11 is 6.05. The third kappa shape index (κ3) is 5.03.